The van der Waals surface area contributed by atoms with Gasteiger partial charge in [0.15, 0.2) is 11.5 Å². The smallest absolute Gasteiger partial charge is 0.231 e. The van der Waals surface area contributed by atoms with Crippen LogP contribution in [-0.2, 0) is 13.1 Å². The zero-order chi connectivity index (χ0) is 17.1. The number of aromatic nitrogens is 3. The Labute approximate surface area is 141 Å². The monoisotopic (exact) mass is 330 g/mol. The summed E-state index contributed by atoms with van der Waals surface area (Å²) in [6, 6.07) is 6.00. The molecular weight excluding hydrogens is 308 g/mol. The van der Waals surface area contributed by atoms with Crippen molar-refractivity contribution >= 4 is 11.9 Å². The van der Waals surface area contributed by atoms with Crippen molar-refractivity contribution in [2.45, 2.75) is 20.0 Å². The zero-order valence-corrected chi connectivity index (χ0v) is 14.2. The van der Waals surface area contributed by atoms with Gasteiger partial charge < -0.3 is 20.1 Å². The largest absolute Gasteiger partial charge is 0.454 e. The molecule has 1 aromatic heterocycles. The van der Waals surface area contributed by atoms with Gasteiger partial charge in [0.1, 0.15) is 5.82 Å². The van der Waals surface area contributed by atoms with Crippen LogP contribution in [-0.4, -0.2) is 47.3 Å². The molecule has 2 N–H and O–H groups in total. The van der Waals surface area contributed by atoms with Gasteiger partial charge in [0.05, 0.1) is 6.54 Å². The number of fused-ring (bicyclic) bond motifs is 1. The third-order valence-electron chi connectivity index (χ3n) is 3.74. The first kappa shape index (κ1) is 16.3. The number of nitrogens with two attached hydrogens (primary N) is 1. The van der Waals surface area contributed by atoms with Crippen LogP contribution in [0.4, 0.5) is 11.9 Å². The van der Waals surface area contributed by atoms with E-state index in [1.165, 1.54) is 0 Å². The molecule has 0 radical (unpaired) electrons. The highest BCUT2D eigenvalue weighted by Gasteiger charge is 2.15. The van der Waals surface area contributed by atoms with Gasteiger partial charge in [-0.25, -0.2) is 0 Å². The van der Waals surface area contributed by atoms with Crippen LogP contribution in [0.2, 0.25) is 0 Å². The summed E-state index contributed by atoms with van der Waals surface area (Å²) in [4.78, 5) is 16.9. The number of hydrogen-bond acceptors (Lipinski definition) is 8. The summed E-state index contributed by atoms with van der Waals surface area (Å²) in [5.41, 5.74) is 6.94. The quantitative estimate of drug-likeness (QED) is 0.847. The SMILES string of the molecule is CCN(Cc1ccc2c(c1)OCO2)Cc1nc(N)nc(N(C)C)n1. The molecule has 0 amide bonds. The molecule has 1 aliphatic heterocycles. The molecule has 2 heterocycles. The first-order valence-corrected chi connectivity index (χ1v) is 7.83. The molecule has 1 aromatic carbocycles. The van der Waals surface area contributed by atoms with Crippen LogP contribution in [0.1, 0.15) is 18.3 Å². The maximum atomic E-state index is 5.79. The van der Waals surface area contributed by atoms with Gasteiger partial charge in [-0.1, -0.05) is 13.0 Å². The number of benzene rings is 1. The molecule has 8 nitrogen and oxygen atoms in total. The molecule has 0 unspecified atom stereocenters. The van der Waals surface area contributed by atoms with Crippen LogP contribution < -0.4 is 20.1 Å². The number of rotatable bonds is 6. The van der Waals surface area contributed by atoms with Gasteiger partial charge in [-0.05, 0) is 24.2 Å². The lowest BCUT2D eigenvalue weighted by Crippen LogP contribution is -2.25. The second-order valence-electron chi connectivity index (χ2n) is 5.80. The van der Waals surface area contributed by atoms with E-state index in [1.54, 1.807) is 0 Å². The van der Waals surface area contributed by atoms with Crippen LogP contribution in [0.15, 0.2) is 18.2 Å². The lowest BCUT2D eigenvalue weighted by atomic mass is 10.2. The molecule has 1 aliphatic rings. The fraction of sp³-hybridized carbons (Fsp3) is 0.438. The molecule has 0 fully saturated rings. The minimum Gasteiger partial charge on any atom is -0.454 e. The normalized spacial score (nSPS) is 12.7. The van der Waals surface area contributed by atoms with Crippen LogP contribution in [0.3, 0.4) is 0 Å². The van der Waals surface area contributed by atoms with Crippen molar-refractivity contribution in [1.29, 1.82) is 0 Å². The molecule has 0 atom stereocenters. The lowest BCUT2D eigenvalue weighted by molar-refractivity contribution is 0.174. The highest BCUT2D eigenvalue weighted by atomic mass is 16.7. The number of ether oxygens (including phenoxy) is 2. The first-order chi connectivity index (χ1) is 11.5. The van der Waals surface area contributed by atoms with Crippen molar-refractivity contribution in [1.82, 2.24) is 19.9 Å². The third-order valence-corrected chi connectivity index (χ3v) is 3.74. The summed E-state index contributed by atoms with van der Waals surface area (Å²) in [5.74, 6) is 3.05. The van der Waals surface area contributed by atoms with Crippen LogP contribution >= 0.6 is 0 Å². The van der Waals surface area contributed by atoms with E-state index in [4.69, 9.17) is 15.2 Å². The van der Waals surface area contributed by atoms with E-state index in [2.05, 4.69) is 26.8 Å². The van der Waals surface area contributed by atoms with Crippen molar-refractivity contribution in [2.75, 3.05) is 38.1 Å². The van der Waals surface area contributed by atoms with Crippen molar-refractivity contribution in [2.24, 2.45) is 0 Å². The van der Waals surface area contributed by atoms with Crippen molar-refractivity contribution in [3.63, 3.8) is 0 Å². The molecule has 0 spiro atoms. The molecule has 0 bridgehead atoms. The lowest BCUT2D eigenvalue weighted by Gasteiger charge is -2.20. The van der Waals surface area contributed by atoms with Crippen LogP contribution in [0.25, 0.3) is 0 Å². The van der Waals surface area contributed by atoms with Gasteiger partial charge in [0.25, 0.3) is 0 Å². The Bertz CT molecular complexity index is 722. The Kier molecular flexibility index (Phi) is 4.66. The molecule has 2 aromatic rings. The Morgan fingerprint density at radius 2 is 1.88 bits per heavy atom. The minimum absolute atomic E-state index is 0.239. The number of nitrogens with zero attached hydrogens (tertiary/aromatic N) is 5. The number of anilines is 2. The van der Waals surface area contributed by atoms with Crippen molar-refractivity contribution in [3.05, 3.63) is 29.6 Å². The molecule has 0 saturated heterocycles. The summed E-state index contributed by atoms with van der Waals surface area (Å²) >= 11 is 0. The van der Waals surface area contributed by atoms with Gasteiger partial charge in [0, 0.05) is 20.6 Å². The van der Waals surface area contributed by atoms with E-state index in [9.17, 15) is 0 Å². The summed E-state index contributed by atoms with van der Waals surface area (Å²) in [6.45, 7) is 4.60. The van der Waals surface area contributed by atoms with E-state index in [0.717, 1.165) is 30.2 Å². The van der Waals surface area contributed by atoms with Crippen molar-refractivity contribution < 1.29 is 9.47 Å². The Morgan fingerprint density at radius 3 is 2.62 bits per heavy atom. The standard InChI is InChI=1S/C16H22N6O2/c1-4-22(8-11-5-6-12-13(7-11)24-10-23-12)9-14-18-15(17)20-16(19-14)21(2)3/h5-7H,4,8-10H2,1-3H3,(H2,17,18,19,20). The minimum atomic E-state index is 0.239. The molecule has 0 aliphatic carbocycles. The van der Waals surface area contributed by atoms with E-state index in [0.29, 0.717) is 18.3 Å². The third kappa shape index (κ3) is 3.65. The van der Waals surface area contributed by atoms with E-state index < -0.39 is 0 Å². The molecular formula is C16H22N6O2. The Hall–Kier alpha value is -2.61. The van der Waals surface area contributed by atoms with Gasteiger partial charge >= 0.3 is 0 Å². The van der Waals surface area contributed by atoms with Crippen LogP contribution in [0.5, 0.6) is 11.5 Å². The van der Waals surface area contributed by atoms with Gasteiger partial charge in [0.2, 0.25) is 18.7 Å². The highest BCUT2D eigenvalue weighted by molar-refractivity contribution is 5.44. The summed E-state index contributed by atoms with van der Waals surface area (Å²) in [5, 5.41) is 0. The highest BCUT2D eigenvalue weighted by Crippen LogP contribution is 2.32. The molecule has 3 rings (SSSR count). The molecule has 24 heavy (non-hydrogen) atoms. The summed E-state index contributed by atoms with van der Waals surface area (Å²) < 4.78 is 10.8. The zero-order valence-electron chi connectivity index (χ0n) is 14.2. The number of hydrogen-bond donors (Lipinski definition) is 1. The molecule has 8 heteroatoms. The van der Waals surface area contributed by atoms with Crippen molar-refractivity contribution in [3.8, 4) is 11.5 Å². The van der Waals surface area contributed by atoms with Gasteiger partial charge in [-0.3, -0.25) is 4.90 Å². The van der Waals surface area contributed by atoms with Gasteiger partial charge in [-0.2, -0.15) is 15.0 Å². The average molecular weight is 330 g/mol. The predicted molar refractivity (Wildman–Crippen MR) is 90.9 cm³/mol. The molecule has 128 valence electrons. The average Bonchev–Trinajstić information content (AvgIpc) is 3.01. The topological polar surface area (TPSA) is 89.6 Å². The maximum absolute atomic E-state index is 5.79. The summed E-state index contributed by atoms with van der Waals surface area (Å²) in [7, 11) is 3.76. The Morgan fingerprint density at radius 1 is 1.08 bits per heavy atom. The molecule has 0 saturated carbocycles. The Balaban J connectivity index is 1.73. The maximum Gasteiger partial charge on any atom is 0.231 e. The van der Waals surface area contributed by atoms with Gasteiger partial charge in [-0.15, -0.1) is 0 Å². The second-order valence-corrected chi connectivity index (χ2v) is 5.80. The van der Waals surface area contributed by atoms with E-state index in [-0.39, 0.29) is 12.7 Å². The van der Waals surface area contributed by atoms with E-state index in [1.807, 2.05) is 37.2 Å². The predicted octanol–water partition coefficient (Wildman–Crippen LogP) is 1.27. The summed E-state index contributed by atoms with van der Waals surface area (Å²) in [6.07, 6.45) is 0. The second kappa shape index (κ2) is 6.88. The first-order valence-electron chi connectivity index (χ1n) is 7.83. The van der Waals surface area contributed by atoms with E-state index >= 15 is 0 Å². The fourth-order valence-corrected chi connectivity index (χ4v) is 2.47. The number of nitrogen functional groups attached to an aromatic ring is 1. The van der Waals surface area contributed by atoms with Crippen LogP contribution in [0, 0.1) is 0 Å². The fourth-order valence-electron chi connectivity index (χ4n) is 2.47.